The van der Waals surface area contributed by atoms with Gasteiger partial charge in [-0.05, 0) is 86.5 Å². The monoisotopic (exact) mass is 1070 g/mol. The number of aromatic nitrogens is 2. The van der Waals surface area contributed by atoms with Crippen LogP contribution in [0.1, 0.15) is 103 Å². The van der Waals surface area contributed by atoms with Crippen LogP contribution in [-0.2, 0) is 42.7 Å². The second-order valence-electron chi connectivity index (χ2n) is 21.2. The zero-order valence-corrected chi connectivity index (χ0v) is 43.0. The summed E-state index contributed by atoms with van der Waals surface area (Å²) in [5, 5.41) is 2.22. The quantitative estimate of drug-likeness (QED) is 0.135. The van der Waals surface area contributed by atoms with Crippen LogP contribution >= 0.6 is 0 Å². The molecule has 346 valence electrons. The van der Waals surface area contributed by atoms with Gasteiger partial charge in [-0.1, -0.05) is 172 Å². The Bertz CT molecular complexity index is 3280. The predicted octanol–water partition coefficient (Wildman–Crippen LogP) is 16.2. The van der Waals surface area contributed by atoms with Crippen LogP contribution in [0.4, 0.5) is 22.7 Å². The molecule has 5 nitrogen and oxygen atoms in total. The third kappa shape index (κ3) is 8.56. The number of para-hydroxylation sites is 1. The minimum absolute atomic E-state index is 0. The summed E-state index contributed by atoms with van der Waals surface area (Å²) in [4.78, 5) is 9.58. The Morgan fingerprint density at radius 3 is 1.78 bits per heavy atom. The van der Waals surface area contributed by atoms with E-state index in [1.165, 1.54) is 27.8 Å². The smallest absolute Gasteiger partial charge is 0.135 e. The van der Waals surface area contributed by atoms with Crippen LogP contribution in [0.15, 0.2) is 170 Å². The van der Waals surface area contributed by atoms with Gasteiger partial charge in [-0.2, -0.15) is 6.07 Å². The van der Waals surface area contributed by atoms with Gasteiger partial charge in [0.15, 0.2) is 0 Å². The molecule has 0 saturated carbocycles. The van der Waals surface area contributed by atoms with E-state index in [9.17, 15) is 0 Å². The summed E-state index contributed by atoms with van der Waals surface area (Å²) in [6.45, 7) is 24.9. The molecule has 0 unspecified atom stereocenters. The number of benzene rings is 7. The first kappa shape index (κ1) is 46.7. The minimum Gasteiger partial charge on any atom is -0.509 e. The fraction of sp³-hybridized carbons (Fsp3) is 0.226. The van der Waals surface area contributed by atoms with Crippen molar-refractivity contribution >= 4 is 44.6 Å². The molecule has 1 aliphatic rings. The number of fused-ring (bicyclic) bond motifs is 4. The fourth-order valence-corrected chi connectivity index (χ4v) is 9.48. The summed E-state index contributed by atoms with van der Waals surface area (Å²) < 4.78 is 9.15. The van der Waals surface area contributed by atoms with E-state index >= 15 is 0 Å². The summed E-state index contributed by atoms with van der Waals surface area (Å²) >= 11 is 0. The normalized spacial score (nSPS) is 13.2. The van der Waals surface area contributed by atoms with E-state index in [0.29, 0.717) is 11.5 Å². The van der Waals surface area contributed by atoms with Crippen molar-refractivity contribution < 1.29 is 25.8 Å². The first-order chi connectivity index (χ1) is 32.0. The largest absolute Gasteiger partial charge is 0.509 e. The van der Waals surface area contributed by atoms with E-state index in [1.54, 1.807) is 0 Å². The van der Waals surface area contributed by atoms with Crippen LogP contribution < -0.4 is 14.5 Å². The molecular formula is C62H59N4OPt-3. The minimum atomic E-state index is -0.237. The van der Waals surface area contributed by atoms with Gasteiger partial charge in [-0.25, -0.2) is 4.98 Å². The summed E-state index contributed by atoms with van der Waals surface area (Å²) in [5.74, 6) is 2.05. The van der Waals surface area contributed by atoms with Gasteiger partial charge in [0, 0.05) is 72.2 Å². The van der Waals surface area contributed by atoms with Gasteiger partial charge in [0.2, 0.25) is 0 Å². The third-order valence-corrected chi connectivity index (χ3v) is 13.9. The van der Waals surface area contributed by atoms with Gasteiger partial charge in [-0.15, -0.1) is 53.6 Å². The maximum absolute atomic E-state index is 6.93. The van der Waals surface area contributed by atoms with Crippen molar-refractivity contribution in [3.8, 4) is 17.3 Å². The topological polar surface area (TPSA) is 33.5 Å². The number of hydrogen-bond donors (Lipinski definition) is 0. The average molecular weight is 1070 g/mol. The van der Waals surface area contributed by atoms with E-state index in [-0.39, 0.29) is 42.7 Å². The van der Waals surface area contributed by atoms with Crippen LogP contribution in [0, 0.1) is 18.8 Å². The Hall–Kier alpha value is -6.42. The molecule has 0 bridgehead atoms. The van der Waals surface area contributed by atoms with Gasteiger partial charge >= 0.3 is 0 Å². The molecule has 9 aromatic rings. The molecule has 0 saturated heterocycles. The Kier molecular flexibility index (Phi) is 12.1. The second kappa shape index (κ2) is 17.6. The maximum Gasteiger partial charge on any atom is 0.135 e. The zero-order valence-electron chi connectivity index (χ0n) is 40.8. The third-order valence-electron chi connectivity index (χ3n) is 13.9. The predicted molar refractivity (Wildman–Crippen MR) is 279 cm³/mol. The van der Waals surface area contributed by atoms with Crippen molar-refractivity contribution in [1.82, 2.24) is 9.55 Å². The van der Waals surface area contributed by atoms with E-state index in [1.807, 2.05) is 12.3 Å². The molecule has 2 aromatic heterocycles. The van der Waals surface area contributed by atoms with Crippen molar-refractivity contribution in [2.75, 3.05) is 9.80 Å². The molecule has 0 radical (unpaired) electrons. The fourth-order valence-electron chi connectivity index (χ4n) is 9.48. The Morgan fingerprint density at radius 1 is 0.471 bits per heavy atom. The summed E-state index contributed by atoms with van der Waals surface area (Å²) in [6.07, 6.45) is 1.92. The Labute approximate surface area is 417 Å². The number of rotatable bonds is 9. The number of pyridine rings is 1. The van der Waals surface area contributed by atoms with Crippen molar-refractivity contribution in [3.05, 3.63) is 222 Å². The number of ether oxygens (including phenoxy) is 1. The summed E-state index contributed by atoms with van der Waals surface area (Å²) in [7, 11) is 0. The van der Waals surface area contributed by atoms with Gasteiger partial charge in [0.1, 0.15) is 5.82 Å². The summed E-state index contributed by atoms with van der Waals surface area (Å²) in [6, 6.07) is 66.2. The zero-order chi connectivity index (χ0) is 46.9. The van der Waals surface area contributed by atoms with Gasteiger partial charge in [0.25, 0.3) is 0 Å². The van der Waals surface area contributed by atoms with E-state index in [4.69, 9.17) is 9.72 Å². The van der Waals surface area contributed by atoms with Gasteiger partial charge in [-0.3, -0.25) is 0 Å². The number of hydrogen-bond acceptors (Lipinski definition) is 4. The number of nitrogens with zero attached hydrogens (tertiary/aromatic N) is 4. The molecule has 0 spiro atoms. The van der Waals surface area contributed by atoms with E-state index in [2.05, 4.69) is 260 Å². The molecule has 68 heavy (non-hydrogen) atoms. The molecule has 0 fully saturated rings. The van der Waals surface area contributed by atoms with Crippen LogP contribution in [0.2, 0.25) is 0 Å². The summed E-state index contributed by atoms with van der Waals surface area (Å²) in [5.41, 5.74) is 12.8. The van der Waals surface area contributed by atoms with Crippen LogP contribution in [0.3, 0.4) is 0 Å². The molecular weight excluding hydrogens is 1010 g/mol. The molecule has 6 heteroatoms. The molecule has 7 aromatic carbocycles. The molecule has 3 heterocycles. The molecule has 1 aliphatic heterocycles. The molecule has 10 rings (SSSR count). The first-order valence-electron chi connectivity index (χ1n) is 23.4. The first-order valence-corrected chi connectivity index (χ1v) is 23.4. The number of anilines is 4. The van der Waals surface area contributed by atoms with Gasteiger partial charge < -0.3 is 19.1 Å². The van der Waals surface area contributed by atoms with Crippen molar-refractivity contribution in [2.45, 2.75) is 90.9 Å². The Morgan fingerprint density at radius 2 is 1.10 bits per heavy atom. The van der Waals surface area contributed by atoms with Crippen molar-refractivity contribution in [2.24, 2.45) is 0 Å². The molecule has 0 N–H and O–H groups in total. The van der Waals surface area contributed by atoms with Crippen molar-refractivity contribution in [1.29, 1.82) is 0 Å². The molecule has 0 amide bonds. The average Bonchev–Trinajstić information content (AvgIpc) is 3.87. The van der Waals surface area contributed by atoms with Gasteiger partial charge in [0.05, 0.1) is 0 Å². The van der Waals surface area contributed by atoms with E-state index in [0.717, 1.165) is 55.9 Å². The molecule has 0 aliphatic carbocycles. The molecule has 0 atom stereocenters. The standard InChI is InChI=1S/C62H59N4O.Pt/c1-59(2,3)44-24-19-25-48(34-44)64-41-65(57-37-45(28-31-55(57)64)61(7,8)42-20-13-11-14-21-42)49-35-47(60(4,5)6)36-51(39-49)67-50-29-30-53-52-26-17-18-27-54(52)66(56(53)40-50)58-38-46(32-33-63-58)62(9,10)43-22-15-12-16-23-43;/h11-38,41H,1-10H3;/q-3;. The second-order valence-corrected chi connectivity index (χ2v) is 21.2. The SMILES string of the molecule is CC(C)(C)c1cc(Oc2[c-]c3c(cc2)c2ccccc2n3-c2cc(C(C)(C)c3ccccc3)ccn2)[c-]c(N2[CH-]N(c3cccc(C(C)(C)C)c3)c3ccc(C(C)(C)c4ccccc4)cc32)c1.[Pt]. The Balaban J connectivity index is 0.00000578. The van der Waals surface area contributed by atoms with Crippen LogP contribution in [0.25, 0.3) is 27.6 Å². The van der Waals surface area contributed by atoms with Crippen LogP contribution in [-0.4, -0.2) is 9.55 Å². The van der Waals surface area contributed by atoms with E-state index < -0.39 is 0 Å². The van der Waals surface area contributed by atoms with Crippen molar-refractivity contribution in [3.63, 3.8) is 0 Å². The maximum atomic E-state index is 6.93. The van der Waals surface area contributed by atoms with Crippen LogP contribution in [0.5, 0.6) is 11.5 Å².